The second-order valence-corrected chi connectivity index (χ2v) is 11.6. The van der Waals surface area contributed by atoms with E-state index >= 15 is 0 Å². The molecule has 2 heterocycles. The van der Waals surface area contributed by atoms with Crippen LogP contribution in [0.4, 0.5) is 5.69 Å². The minimum absolute atomic E-state index is 0.0163. The van der Waals surface area contributed by atoms with Gasteiger partial charge in [0, 0.05) is 12.1 Å². The molecule has 0 saturated heterocycles. The van der Waals surface area contributed by atoms with Crippen LogP contribution in [0.2, 0.25) is 0 Å². The van der Waals surface area contributed by atoms with Gasteiger partial charge >= 0.3 is 5.97 Å². The number of aromatic nitrogens is 1. The van der Waals surface area contributed by atoms with Crippen LogP contribution in [0.5, 0.6) is 11.5 Å². The normalized spacial score (nSPS) is 14.5. The topological polar surface area (TPSA) is 122 Å². The van der Waals surface area contributed by atoms with Crippen molar-refractivity contribution in [2.24, 2.45) is 4.99 Å². The summed E-state index contributed by atoms with van der Waals surface area (Å²) in [6.07, 6.45) is 1.77. The number of halogens is 1. The quantitative estimate of drug-likeness (QED) is 0.124. The predicted octanol–water partition coefficient (Wildman–Crippen LogP) is 5.45. The first-order chi connectivity index (χ1) is 21.2. The van der Waals surface area contributed by atoms with E-state index in [1.165, 1.54) is 23.5 Å². The van der Waals surface area contributed by atoms with Crippen molar-refractivity contribution in [2.45, 2.75) is 33.4 Å². The maximum absolute atomic E-state index is 13.9. The molecule has 1 aromatic heterocycles. The summed E-state index contributed by atoms with van der Waals surface area (Å²) >= 11 is 4.78. The Bertz CT molecular complexity index is 1930. The van der Waals surface area contributed by atoms with Gasteiger partial charge in [0.25, 0.3) is 11.2 Å². The Kier molecular flexibility index (Phi) is 9.40. The lowest BCUT2D eigenvalue weighted by Crippen LogP contribution is -2.39. The summed E-state index contributed by atoms with van der Waals surface area (Å²) in [6.45, 7) is 6.32. The molecule has 12 heteroatoms. The molecule has 0 unspecified atom stereocenters. The van der Waals surface area contributed by atoms with Crippen molar-refractivity contribution < 1.29 is 23.9 Å². The van der Waals surface area contributed by atoms with E-state index in [4.69, 9.17) is 14.2 Å². The molecule has 226 valence electrons. The van der Waals surface area contributed by atoms with Crippen LogP contribution in [-0.2, 0) is 16.1 Å². The number of hydrogen-bond acceptors (Lipinski definition) is 9. The number of ether oxygens (including phenoxy) is 3. The predicted molar refractivity (Wildman–Crippen MR) is 170 cm³/mol. The highest BCUT2D eigenvalue weighted by Crippen LogP contribution is 2.32. The number of esters is 1. The van der Waals surface area contributed by atoms with E-state index < -0.39 is 16.9 Å². The first kappa shape index (κ1) is 30.9. The molecule has 0 spiro atoms. The first-order valence-electron chi connectivity index (χ1n) is 13.8. The van der Waals surface area contributed by atoms with Gasteiger partial charge in [-0.15, -0.1) is 0 Å². The fraction of sp³-hybridized carbons (Fsp3) is 0.219. The summed E-state index contributed by atoms with van der Waals surface area (Å²) in [5.74, 6) is 0.745. The Morgan fingerprint density at radius 1 is 1.07 bits per heavy atom. The van der Waals surface area contributed by atoms with Crippen molar-refractivity contribution >= 4 is 45.0 Å². The van der Waals surface area contributed by atoms with Crippen LogP contribution in [0, 0.1) is 10.1 Å². The van der Waals surface area contributed by atoms with Gasteiger partial charge < -0.3 is 14.2 Å². The van der Waals surface area contributed by atoms with E-state index in [1.54, 1.807) is 42.7 Å². The summed E-state index contributed by atoms with van der Waals surface area (Å²) in [6, 6.07) is 18.2. The molecule has 3 aromatic carbocycles. The lowest BCUT2D eigenvalue weighted by molar-refractivity contribution is -0.384. The van der Waals surface area contributed by atoms with Crippen LogP contribution < -0.4 is 24.4 Å². The zero-order valence-corrected chi connectivity index (χ0v) is 26.5. The standard InChI is InChI=1S/C32H28BrN3O7S/c1-4-41-24-13-9-22(10-14-24)29-28(31(38)42-5-2)19(3)34-32-35(29)30(37)27(44-32)17-21-8-15-26(25(33)16-21)43-18-20-6-11-23(12-7-20)36(39)40/h6-17,29H,4-5,18H2,1-3H3/b27-17-/t29-/m1/s1. The number of benzene rings is 3. The van der Waals surface area contributed by atoms with Crippen molar-refractivity contribution in [1.29, 1.82) is 0 Å². The van der Waals surface area contributed by atoms with Gasteiger partial charge in [-0.2, -0.15) is 0 Å². The number of thiazole rings is 1. The molecule has 0 N–H and O–H groups in total. The van der Waals surface area contributed by atoms with Crippen LogP contribution in [0.1, 0.15) is 43.5 Å². The molecule has 1 atom stereocenters. The van der Waals surface area contributed by atoms with E-state index in [-0.39, 0.29) is 24.5 Å². The van der Waals surface area contributed by atoms with Gasteiger partial charge in [0.1, 0.15) is 18.1 Å². The van der Waals surface area contributed by atoms with Crippen molar-refractivity contribution in [2.75, 3.05) is 13.2 Å². The molecular formula is C32H28BrN3O7S. The van der Waals surface area contributed by atoms with Crippen LogP contribution >= 0.6 is 27.3 Å². The first-order valence-corrected chi connectivity index (χ1v) is 15.4. The molecule has 0 saturated carbocycles. The lowest BCUT2D eigenvalue weighted by Gasteiger charge is -2.24. The molecule has 0 fully saturated rings. The van der Waals surface area contributed by atoms with Gasteiger partial charge in [-0.1, -0.05) is 29.5 Å². The molecule has 1 aliphatic rings. The second kappa shape index (κ2) is 13.4. The third-order valence-corrected chi connectivity index (χ3v) is 8.42. The number of carbonyl (C=O) groups is 1. The molecule has 0 amide bonds. The number of carbonyl (C=O) groups excluding carboxylic acids is 1. The van der Waals surface area contributed by atoms with Gasteiger partial charge in [0.2, 0.25) is 0 Å². The highest BCUT2D eigenvalue weighted by atomic mass is 79.9. The summed E-state index contributed by atoms with van der Waals surface area (Å²) in [5, 5.41) is 10.9. The number of non-ortho nitro benzene ring substituents is 1. The number of allylic oxidation sites excluding steroid dienone is 1. The van der Waals surface area contributed by atoms with E-state index in [1.807, 2.05) is 43.3 Å². The Hall–Kier alpha value is -4.55. The fourth-order valence-electron chi connectivity index (χ4n) is 4.77. The molecule has 10 nitrogen and oxygen atoms in total. The van der Waals surface area contributed by atoms with E-state index in [0.717, 1.165) is 16.7 Å². The average molecular weight is 679 g/mol. The number of nitro benzene ring substituents is 1. The molecular weight excluding hydrogens is 650 g/mol. The smallest absolute Gasteiger partial charge is 0.338 e. The highest BCUT2D eigenvalue weighted by molar-refractivity contribution is 9.10. The van der Waals surface area contributed by atoms with Crippen LogP contribution in [0.15, 0.2) is 92.3 Å². The van der Waals surface area contributed by atoms with Crippen LogP contribution in [0.25, 0.3) is 6.08 Å². The third-order valence-electron chi connectivity index (χ3n) is 6.82. The zero-order valence-electron chi connectivity index (χ0n) is 24.1. The van der Waals surface area contributed by atoms with Crippen molar-refractivity contribution in [3.8, 4) is 11.5 Å². The summed E-state index contributed by atoms with van der Waals surface area (Å²) in [4.78, 5) is 42.5. The molecule has 44 heavy (non-hydrogen) atoms. The molecule has 0 aliphatic carbocycles. The Morgan fingerprint density at radius 2 is 1.80 bits per heavy atom. The Balaban J connectivity index is 1.47. The number of rotatable bonds is 10. The molecule has 0 radical (unpaired) electrons. The molecule has 1 aliphatic heterocycles. The van der Waals surface area contributed by atoms with Gasteiger partial charge in [-0.25, -0.2) is 9.79 Å². The summed E-state index contributed by atoms with van der Waals surface area (Å²) in [5.41, 5.74) is 2.81. The maximum atomic E-state index is 13.9. The second-order valence-electron chi connectivity index (χ2n) is 9.71. The van der Waals surface area contributed by atoms with Crippen molar-refractivity contribution in [3.63, 3.8) is 0 Å². The van der Waals surface area contributed by atoms with E-state index in [2.05, 4.69) is 20.9 Å². The van der Waals surface area contributed by atoms with Gasteiger partial charge in [-0.05, 0) is 95.9 Å². The average Bonchev–Trinajstić information content (AvgIpc) is 3.30. The van der Waals surface area contributed by atoms with Crippen molar-refractivity contribution in [1.82, 2.24) is 4.57 Å². The van der Waals surface area contributed by atoms with Crippen molar-refractivity contribution in [3.05, 3.63) is 129 Å². The summed E-state index contributed by atoms with van der Waals surface area (Å²) in [7, 11) is 0. The third kappa shape index (κ3) is 6.51. The van der Waals surface area contributed by atoms with Crippen LogP contribution in [0.3, 0.4) is 0 Å². The van der Waals surface area contributed by atoms with Crippen LogP contribution in [-0.4, -0.2) is 28.7 Å². The molecule has 4 aromatic rings. The summed E-state index contributed by atoms with van der Waals surface area (Å²) < 4.78 is 19.5. The molecule has 5 rings (SSSR count). The minimum atomic E-state index is -0.718. The fourth-order valence-corrected chi connectivity index (χ4v) is 6.33. The van der Waals surface area contributed by atoms with Gasteiger partial charge in [0.05, 0.1) is 44.5 Å². The number of nitro groups is 1. The number of hydrogen-bond donors (Lipinski definition) is 0. The monoisotopic (exact) mass is 677 g/mol. The minimum Gasteiger partial charge on any atom is -0.494 e. The Labute approximate surface area is 264 Å². The lowest BCUT2D eigenvalue weighted by atomic mass is 9.96. The highest BCUT2D eigenvalue weighted by Gasteiger charge is 2.33. The maximum Gasteiger partial charge on any atom is 0.338 e. The number of nitrogens with zero attached hydrogens (tertiary/aromatic N) is 3. The number of fused-ring (bicyclic) bond motifs is 1. The molecule has 0 bridgehead atoms. The Morgan fingerprint density at radius 3 is 2.43 bits per heavy atom. The van der Waals surface area contributed by atoms with E-state index in [0.29, 0.717) is 43.2 Å². The van der Waals surface area contributed by atoms with Gasteiger partial charge in [-0.3, -0.25) is 19.5 Å². The van der Waals surface area contributed by atoms with E-state index in [9.17, 15) is 19.7 Å². The largest absolute Gasteiger partial charge is 0.494 e. The van der Waals surface area contributed by atoms with Gasteiger partial charge in [0.15, 0.2) is 4.80 Å². The zero-order chi connectivity index (χ0) is 31.4. The SMILES string of the molecule is CCOC(=O)C1=C(C)N=c2s/c(=C\c3ccc(OCc4ccc([N+](=O)[O-])cc4)c(Br)c3)c(=O)n2[C@@H]1c1ccc(OCC)cc1.